The van der Waals surface area contributed by atoms with Crippen molar-refractivity contribution in [1.82, 2.24) is 0 Å². The van der Waals surface area contributed by atoms with Crippen molar-refractivity contribution < 1.29 is 54.4 Å². The molecular weight excluding hydrogens is 464 g/mol. The number of aliphatic carboxylic acids is 1. The number of phenols is 1. The summed E-state index contributed by atoms with van der Waals surface area (Å²) in [5, 5.41) is 59.9. The molecule has 1 aromatic rings. The van der Waals surface area contributed by atoms with Gasteiger partial charge in [-0.15, -0.1) is 0 Å². The van der Waals surface area contributed by atoms with Crippen molar-refractivity contribution in [2.75, 3.05) is 0 Å². The number of rotatable bonds is 3. The molecule has 194 valence electrons. The first-order valence-corrected chi connectivity index (χ1v) is 11.6. The zero-order valence-corrected chi connectivity index (χ0v) is 19.3. The number of phenolic OH excluding ortho intramolecular Hbond substituents is 1. The van der Waals surface area contributed by atoms with Gasteiger partial charge in [0.15, 0.2) is 6.10 Å². The van der Waals surface area contributed by atoms with E-state index in [9.17, 15) is 40.2 Å². The molecule has 0 unspecified atom stereocenters. The van der Waals surface area contributed by atoms with Gasteiger partial charge in [-0.1, -0.05) is 12.2 Å². The molecule has 3 rings (SSSR count). The summed E-state index contributed by atoms with van der Waals surface area (Å²) in [6, 6.07) is 2.46. The minimum absolute atomic E-state index is 0.0833. The summed E-state index contributed by atoms with van der Waals surface area (Å²) in [6.45, 7) is 1.72. The van der Waals surface area contributed by atoms with Crippen molar-refractivity contribution in [3.63, 3.8) is 0 Å². The topological polar surface area (TPSA) is 183 Å². The number of aromatic hydroxyl groups is 1. The van der Waals surface area contributed by atoms with Crippen molar-refractivity contribution in [2.45, 2.75) is 88.4 Å². The van der Waals surface area contributed by atoms with Crippen LogP contribution in [0.3, 0.4) is 0 Å². The SMILES string of the molecule is C[C@H]1CCC[C@H](O)CCC/C=C/c2cc(O[C@@H]3O[C@H](C(=O)O)[C@@H](O)[C@H](O)[C@H]3O)cc(O)c2C(=O)O1. The fourth-order valence-corrected chi connectivity index (χ4v) is 4.09. The van der Waals surface area contributed by atoms with Crippen LogP contribution in [0, 0.1) is 0 Å². The van der Waals surface area contributed by atoms with E-state index in [0.29, 0.717) is 38.5 Å². The van der Waals surface area contributed by atoms with E-state index < -0.39 is 60.6 Å². The van der Waals surface area contributed by atoms with Crippen LogP contribution in [0.2, 0.25) is 0 Å². The highest BCUT2D eigenvalue weighted by molar-refractivity contribution is 5.97. The molecule has 2 aliphatic heterocycles. The van der Waals surface area contributed by atoms with Gasteiger partial charge < -0.3 is 44.8 Å². The van der Waals surface area contributed by atoms with Crippen LogP contribution in [0.5, 0.6) is 11.5 Å². The third-order valence-electron chi connectivity index (χ3n) is 6.05. The van der Waals surface area contributed by atoms with E-state index in [4.69, 9.17) is 14.2 Å². The van der Waals surface area contributed by atoms with Crippen molar-refractivity contribution in [1.29, 1.82) is 0 Å². The molecule has 11 nitrogen and oxygen atoms in total. The summed E-state index contributed by atoms with van der Waals surface area (Å²) in [6.07, 6.45) is -2.80. The Hall–Kier alpha value is -2.70. The number of cyclic esters (lactones) is 1. The number of benzene rings is 1. The quantitative estimate of drug-likeness (QED) is 0.327. The van der Waals surface area contributed by atoms with Gasteiger partial charge in [-0.05, 0) is 57.1 Å². The average molecular weight is 497 g/mol. The van der Waals surface area contributed by atoms with Crippen LogP contribution in [0.1, 0.15) is 61.4 Å². The molecule has 0 saturated carbocycles. The molecule has 2 aliphatic rings. The molecule has 2 heterocycles. The molecule has 0 bridgehead atoms. The maximum absolute atomic E-state index is 12.8. The molecule has 0 aliphatic carbocycles. The molecule has 35 heavy (non-hydrogen) atoms. The minimum atomic E-state index is -1.88. The minimum Gasteiger partial charge on any atom is -0.507 e. The first kappa shape index (κ1) is 26.9. The standard InChI is InChI=1S/C24H32O11/c1-12-6-5-9-14(25)8-4-2-3-7-13-10-15(11-16(26)17(13)23(32)33-12)34-24-20(29)18(27)19(28)21(35-24)22(30)31/h3,7,10-12,14,18-21,24-29H,2,4-6,8-9H2,1H3,(H,30,31)/b7-3+/t12-,14+,18-,19-,20+,21-,24+/m0/s1. The number of carboxylic acids is 1. The molecular formula is C24H32O11. The molecule has 7 atom stereocenters. The number of hydrogen-bond donors (Lipinski definition) is 6. The third-order valence-corrected chi connectivity index (χ3v) is 6.05. The van der Waals surface area contributed by atoms with Crippen molar-refractivity contribution in [3.05, 3.63) is 29.3 Å². The number of allylic oxidation sites excluding steroid dienone is 1. The zero-order chi connectivity index (χ0) is 25.7. The highest BCUT2D eigenvalue weighted by atomic mass is 16.7. The maximum Gasteiger partial charge on any atom is 0.342 e. The molecule has 0 amide bonds. The van der Waals surface area contributed by atoms with E-state index in [0.717, 1.165) is 6.07 Å². The predicted octanol–water partition coefficient (Wildman–Crippen LogP) is 0.937. The first-order valence-electron chi connectivity index (χ1n) is 11.6. The number of hydrogen-bond acceptors (Lipinski definition) is 10. The van der Waals surface area contributed by atoms with Crippen LogP contribution in [-0.4, -0.2) is 85.5 Å². The molecule has 0 radical (unpaired) electrons. The van der Waals surface area contributed by atoms with E-state index in [1.165, 1.54) is 6.07 Å². The van der Waals surface area contributed by atoms with Gasteiger partial charge in [0.1, 0.15) is 35.4 Å². The number of carbonyl (C=O) groups is 2. The van der Waals surface area contributed by atoms with Gasteiger partial charge in [0.25, 0.3) is 0 Å². The van der Waals surface area contributed by atoms with Crippen LogP contribution >= 0.6 is 0 Å². The highest BCUT2D eigenvalue weighted by Gasteiger charge is 2.48. The van der Waals surface area contributed by atoms with Gasteiger partial charge in [-0.25, -0.2) is 9.59 Å². The lowest BCUT2D eigenvalue weighted by Crippen LogP contribution is -2.61. The van der Waals surface area contributed by atoms with E-state index in [-0.39, 0.29) is 16.9 Å². The fourth-order valence-electron chi connectivity index (χ4n) is 4.09. The number of ether oxygens (including phenoxy) is 3. The van der Waals surface area contributed by atoms with Crippen LogP contribution in [0.25, 0.3) is 6.08 Å². The Morgan fingerprint density at radius 2 is 1.74 bits per heavy atom. The summed E-state index contributed by atoms with van der Waals surface area (Å²) >= 11 is 0. The third kappa shape index (κ3) is 6.71. The number of carboxylic acid groups (broad SMARTS) is 1. The normalized spacial score (nSPS) is 33.6. The number of esters is 1. The zero-order valence-electron chi connectivity index (χ0n) is 19.3. The second-order valence-corrected chi connectivity index (χ2v) is 8.89. The average Bonchev–Trinajstić information content (AvgIpc) is 2.78. The second-order valence-electron chi connectivity index (χ2n) is 8.89. The number of carbonyl (C=O) groups excluding carboxylic acids is 1. The van der Waals surface area contributed by atoms with Gasteiger partial charge in [0, 0.05) is 6.07 Å². The first-order chi connectivity index (χ1) is 16.6. The lowest BCUT2D eigenvalue weighted by molar-refractivity contribution is -0.271. The Labute approximate surface area is 202 Å². The second kappa shape index (κ2) is 11.8. The smallest absolute Gasteiger partial charge is 0.342 e. The monoisotopic (exact) mass is 496 g/mol. The Kier molecular flexibility index (Phi) is 9.09. The van der Waals surface area contributed by atoms with Crippen LogP contribution in [0.15, 0.2) is 18.2 Å². The Bertz CT molecular complexity index is 930. The lowest BCUT2D eigenvalue weighted by atomic mass is 9.99. The Morgan fingerprint density at radius 3 is 2.46 bits per heavy atom. The number of fused-ring (bicyclic) bond motifs is 1. The molecule has 1 saturated heterocycles. The number of aliphatic hydroxyl groups excluding tert-OH is 4. The fraction of sp³-hybridized carbons (Fsp3) is 0.583. The van der Waals surface area contributed by atoms with E-state index in [1.807, 2.05) is 0 Å². The molecule has 0 aromatic heterocycles. The van der Waals surface area contributed by atoms with E-state index in [1.54, 1.807) is 19.1 Å². The van der Waals surface area contributed by atoms with E-state index in [2.05, 4.69) is 0 Å². The van der Waals surface area contributed by atoms with Gasteiger partial charge in [0.2, 0.25) is 6.29 Å². The van der Waals surface area contributed by atoms with E-state index >= 15 is 0 Å². The molecule has 1 aromatic carbocycles. The summed E-state index contributed by atoms with van der Waals surface area (Å²) in [5.74, 6) is -2.87. The van der Waals surface area contributed by atoms with Crippen molar-refractivity contribution >= 4 is 18.0 Å². The molecule has 11 heteroatoms. The lowest BCUT2D eigenvalue weighted by Gasteiger charge is -2.38. The Balaban J connectivity index is 1.89. The maximum atomic E-state index is 12.8. The Morgan fingerprint density at radius 1 is 1.03 bits per heavy atom. The summed E-state index contributed by atoms with van der Waals surface area (Å²) < 4.78 is 16.1. The summed E-state index contributed by atoms with van der Waals surface area (Å²) in [5.41, 5.74) is 0.150. The summed E-state index contributed by atoms with van der Waals surface area (Å²) in [4.78, 5) is 24.1. The summed E-state index contributed by atoms with van der Waals surface area (Å²) in [7, 11) is 0. The molecule has 1 fully saturated rings. The van der Waals surface area contributed by atoms with Gasteiger partial charge in [0.05, 0.1) is 12.2 Å². The highest BCUT2D eigenvalue weighted by Crippen LogP contribution is 2.33. The van der Waals surface area contributed by atoms with Crippen molar-refractivity contribution in [3.8, 4) is 11.5 Å². The van der Waals surface area contributed by atoms with Crippen LogP contribution in [0.4, 0.5) is 0 Å². The number of aliphatic hydroxyl groups is 4. The predicted molar refractivity (Wildman–Crippen MR) is 121 cm³/mol. The van der Waals surface area contributed by atoms with Gasteiger partial charge in [-0.2, -0.15) is 0 Å². The van der Waals surface area contributed by atoms with Crippen molar-refractivity contribution in [2.24, 2.45) is 0 Å². The largest absolute Gasteiger partial charge is 0.507 e. The van der Waals surface area contributed by atoms with Gasteiger partial charge >= 0.3 is 11.9 Å². The van der Waals surface area contributed by atoms with Gasteiger partial charge in [-0.3, -0.25) is 0 Å². The molecule has 0 spiro atoms. The van der Waals surface area contributed by atoms with Crippen LogP contribution in [-0.2, 0) is 14.3 Å². The van der Waals surface area contributed by atoms with Crippen LogP contribution < -0.4 is 4.74 Å². The molecule has 6 N–H and O–H groups in total.